The van der Waals surface area contributed by atoms with E-state index in [9.17, 15) is 9.59 Å². The van der Waals surface area contributed by atoms with Gasteiger partial charge in [0.25, 0.3) is 0 Å². The number of halogens is 1. The first-order valence-corrected chi connectivity index (χ1v) is 11.0. The maximum Gasteiger partial charge on any atom is 0.225 e. The van der Waals surface area contributed by atoms with Crippen LogP contribution in [-0.4, -0.2) is 52.9 Å². The standard InChI is InChI=1S/C23H30ClN5O2/c1-15(2)23-25-16(3)13-21(27-23)28-9-11-29(12-10-28)22(31)14-20(26-17(4)30)18-5-7-19(24)8-6-18/h5-8,13,15,20H,9-12,14H2,1-4H3,(H,26,30)/t20-/m0/s1. The number of hydrogen-bond acceptors (Lipinski definition) is 5. The average molecular weight is 444 g/mol. The molecule has 3 rings (SSSR count). The Morgan fingerprint density at radius 1 is 1.10 bits per heavy atom. The molecule has 2 amide bonds. The van der Waals surface area contributed by atoms with Gasteiger partial charge in [-0.3, -0.25) is 9.59 Å². The Balaban J connectivity index is 1.63. The van der Waals surface area contributed by atoms with Crippen LogP contribution in [0, 0.1) is 6.92 Å². The molecule has 0 radical (unpaired) electrons. The molecule has 0 spiro atoms. The summed E-state index contributed by atoms with van der Waals surface area (Å²) in [4.78, 5) is 37.9. The van der Waals surface area contributed by atoms with E-state index in [2.05, 4.69) is 29.0 Å². The summed E-state index contributed by atoms with van der Waals surface area (Å²) in [7, 11) is 0. The van der Waals surface area contributed by atoms with E-state index < -0.39 is 0 Å². The molecule has 1 aliphatic rings. The highest BCUT2D eigenvalue weighted by Crippen LogP contribution is 2.22. The van der Waals surface area contributed by atoms with Crippen LogP contribution in [0.3, 0.4) is 0 Å². The van der Waals surface area contributed by atoms with E-state index in [1.807, 2.05) is 30.0 Å². The minimum absolute atomic E-state index is 0.0232. The first-order valence-electron chi connectivity index (χ1n) is 10.6. The van der Waals surface area contributed by atoms with Crippen LogP contribution in [0.1, 0.15) is 56.2 Å². The van der Waals surface area contributed by atoms with Gasteiger partial charge < -0.3 is 15.1 Å². The Hall–Kier alpha value is -2.67. The fourth-order valence-corrected chi connectivity index (χ4v) is 3.80. The number of nitrogens with zero attached hydrogens (tertiary/aromatic N) is 4. The van der Waals surface area contributed by atoms with Crippen LogP contribution in [0.4, 0.5) is 5.82 Å². The van der Waals surface area contributed by atoms with Gasteiger partial charge in [0.2, 0.25) is 11.8 Å². The summed E-state index contributed by atoms with van der Waals surface area (Å²) in [6.07, 6.45) is 0.214. The molecule has 166 valence electrons. The van der Waals surface area contributed by atoms with E-state index in [0.29, 0.717) is 31.2 Å². The van der Waals surface area contributed by atoms with Gasteiger partial charge in [0.05, 0.1) is 12.5 Å². The van der Waals surface area contributed by atoms with Gasteiger partial charge in [0.1, 0.15) is 11.6 Å². The number of nitrogens with one attached hydrogen (secondary N) is 1. The molecule has 0 unspecified atom stereocenters. The Bertz CT molecular complexity index is 924. The number of aromatic nitrogens is 2. The molecule has 7 nitrogen and oxygen atoms in total. The van der Waals surface area contributed by atoms with Crippen molar-refractivity contribution in [1.82, 2.24) is 20.2 Å². The van der Waals surface area contributed by atoms with Crippen LogP contribution in [-0.2, 0) is 9.59 Å². The number of aryl methyl sites for hydroxylation is 1. The fraction of sp³-hybridized carbons (Fsp3) is 0.478. The Kier molecular flexibility index (Phi) is 7.49. The summed E-state index contributed by atoms with van der Waals surface area (Å²) >= 11 is 5.97. The second kappa shape index (κ2) is 10.1. The van der Waals surface area contributed by atoms with Crippen molar-refractivity contribution in [1.29, 1.82) is 0 Å². The summed E-state index contributed by atoms with van der Waals surface area (Å²) in [5.74, 6) is 1.88. The molecule has 1 aromatic carbocycles. The van der Waals surface area contributed by atoms with Crippen molar-refractivity contribution in [3.8, 4) is 0 Å². The molecule has 1 fully saturated rings. The molecule has 2 aromatic rings. The Labute approximate surface area is 188 Å². The molecule has 1 N–H and O–H groups in total. The molecular formula is C23H30ClN5O2. The number of rotatable bonds is 6. The second-order valence-corrected chi connectivity index (χ2v) is 8.69. The van der Waals surface area contributed by atoms with Crippen LogP contribution in [0.15, 0.2) is 30.3 Å². The topological polar surface area (TPSA) is 78.4 Å². The summed E-state index contributed by atoms with van der Waals surface area (Å²) < 4.78 is 0. The molecule has 1 aliphatic heterocycles. The van der Waals surface area contributed by atoms with Gasteiger partial charge in [-0.1, -0.05) is 37.6 Å². The van der Waals surface area contributed by atoms with E-state index in [4.69, 9.17) is 16.6 Å². The molecule has 1 aromatic heterocycles. The average Bonchev–Trinajstić information content (AvgIpc) is 2.73. The summed E-state index contributed by atoms with van der Waals surface area (Å²) in [5, 5.41) is 3.51. The molecule has 0 saturated carbocycles. The van der Waals surface area contributed by atoms with Crippen molar-refractivity contribution in [3.05, 3.63) is 52.4 Å². The maximum atomic E-state index is 13.0. The minimum atomic E-state index is -0.376. The van der Waals surface area contributed by atoms with Gasteiger partial charge in [-0.25, -0.2) is 9.97 Å². The Morgan fingerprint density at radius 3 is 2.32 bits per heavy atom. The lowest BCUT2D eigenvalue weighted by atomic mass is 10.0. The normalized spacial score (nSPS) is 15.2. The van der Waals surface area contributed by atoms with Crippen molar-refractivity contribution >= 4 is 29.2 Å². The molecule has 8 heteroatoms. The number of anilines is 1. The van der Waals surface area contributed by atoms with E-state index in [-0.39, 0.29) is 30.2 Å². The molecule has 0 bridgehead atoms. The monoisotopic (exact) mass is 443 g/mol. The van der Waals surface area contributed by atoms with E-state index in [1.54, 1.807) is 12.1 Å². The quantitative estimate of drug-likeness (QED) is 0.739. The highest BCUT2D eigenvalue weighted by Gasteiger charge is 2.26. The summed E-state index contributed by atoms with van der Waals surface area (Å²) in [6.45, 7) is 10.3. The molecule has 1 saturated heterocycles. The van der Waals surface area contributed by atoms with E-state index >= 15 is 0 Å². The number of carbonyl (C=O) groups is 2. The second-order valence-electron chi connectivity index (χ2n) is 8.26. The minimum Gasteiger partial charge on any atom is -0.353 e. The van der Waals surface area contributed by atoms with Gasteiger partial charge in [0.15, 0.2) is 0 Å². The number of benzene rings is 1. The summed E-state index contributed by atoms with van der Waals surface area (Å²) in [6, 6.07) is 8.85. The van der Waals surface area contributed by atoms with Crippen molar-refractivity contribution < 1.29 is 9.59 Å². The van der Waals surface area contributed by atoms with Crippen LogP contribution in [0.2, 0.25) is 5.02 Å². The molecule has 2 heterocycles. The van der Waals surface area contributed by atoms with Crippen molar-refractivity contribution in [2.24, 2.45) is 0 Å². The lowest BCUT2D eigenvalue weighted by Crippen LogP contribution is -2.49. The third-order valence-electron chi connectivity index (χ3n) is 5.36. The van der Waals surface area contributed by atoms with Gasteiger partial charge in [-0.2, -0.15) is 0 Å². The predicted octanol–water partition coefficient (Wildman–Crippen LogP) is 3.48. The maximum absolute atomic E-state index is 13.0. The van der Waals surface area contributed by atoms with Crippen LogP contribution < -0.4 is 10.2 Å². The molecule has 1 atom stereocenters. The third-order valence-corrected chi connectivity index (χ3v) is 5.61. The van der Waals surface area contributed by atoms with Gasteiger partial charge in [-0.15, -0.1) is 0 Å². The zero-order chi connectivity index (χ0) is 22.5. The van der Waals surface area contributed by atoms with Crippen LogP contribution in [0.25, 0.3) is 0 Å². The lowest BCUT2D eigenvalue weighted by molar-refractivity contribution is -0.132. The number of hydrogen-bond donors (Lipinski definition) is 1. The van der Waals surface area contributed by atoms with E-state index in [0.717, 1.165) is 22.9 Å². The van der Waals surface area contributed by atoms with E-state index in [1.165, 1.54) is 6.92 Å². The van der Waals surface area contributed by atoms with Gasteiger partial charge in [0, 0.05) is 55.8 Å². The van der Waals surface area contributed by atoms with Gasteiger partial charge >= 0.3 is 0 Å². The largest absolute Gasteiger partial charge is 0.353 e. The van der Waals surface area contributed by atoms with Crippen LogP contribution in [0.5, 0.6) is 0 Å². The zero-order valence-electron chi connectivity index (χ0n) is 18.6. The highest BCUT2D eigenvalue weighted by atomic mass is 35.5. The molecule has 0 aliphatic carbocycles. The molecular weight excluding hydrogens is 414 g/mol. The number of carbonyl (C=O) groups excluding carboxylic acids is 2. The summed E-state index contributed by atoms with van der Waals surface area (Å²) in [5.41, 5.74) is 1.82. The van der Waals surface area contributed by atoms with Crippen molar-refractivity contribution in [2.45, 2.75) is 46.1 Å². The predicted molar refractivity (Wildman–Crippen MR) is 122 cm³/mol. The number of amides is 2. The third kappa shape index (κ3) is 6.17. The van der Waals surface area contributed by atoms with Crippen molar-refractivity contribution in [3.63, 3.8) is 0 Å². The SMILES string of the molecule is CC(=O)N[C@@H](CC(=O)N1CCN(c2cc(C)nc(C(C)C)n2)CC1)c1ccc(Cl)cc1. The van der Waals surface area contributed by atoms with Crippen molar-refractivity contribution in [2.75, 3.05) is 31.1 Å². The smallest absolute Gasteiger partial charge is 0.225 e. The molecule has 31 heavy (non-hydrogen) atoms. The van der Waals surface area contributed by atoms with Gasteiger partial charge in [-0.05, 0) is 24.6 Å². The zero-order valence-corrected chi connectivity index (χ0v) is 19.3. The first-order chi connectivity index (χ1) is 14.7. The number of piperazine rings is 1. The van der Waals surface area contributed by atoms with Crippen LogP contribution >= 0.6 is 11.6 Å². The first kappa shape index (κ1) is 23.0. The highest BCUT2D eigenvalue weighted by molar-refractivity contribution is 6.30. The fourth-order valence-electron chi connectivity index (χ4n) is 3.68. The Morgan fingerprint density at radius 2 is 1.74 bits per heavy atom. The lowest BCUT2D eigenvalue weighted by Gasteiger charge is -2.36.